The summed E-state index contributed by atoms with van der Waals surface area (Å²) in [6.07, 6.45) is -0.562. The highest BCUT2D eigenvalue weighted by atomic mass is 35.5. The minimum atomic E-state index is -0.562. The van der Waals surface area contributed by atoms with E-state index in [1.165, 1.54) is 0 Å². The summed E-state index contributed by atoms with van der Waals surface area (Å²) in [6, 6.07) is 12.1. The molecule has 0 fully saturated rings. The summed E-state index contributed by atoms with van der Waals surface area (Å²) in [5.41, 5.74) is 1.20. The lowest BCUT2D eigenvalue weighted by molar-refractivity contribution is 0.215. The van der Waals surface area contributed by atoms with Crippen molar-refractivity contribution < 1.29 is 9.53 Å². The number of carbonyl (C=O) groups excluding carboxylic acids is 1. The summed E-state index contributed by atoms with van der Waals surface area (Å²) >= 11 is 5.73. The van der Waals surface area contributed by atoms with E-state index in [9.17, 15) is 4.79 Å². The first-order valence-electron chi connectivity index (χ1n) is 5.32. The highest BCUT2D eigenvalue weighted by Gasteiger charge is 2.07. The van der Waals surface area contributed by atoms with Gasteiger partial charge in [-0.3, -0.25) is 5.32 Å². The lowest BCUT2D eigenvalue weighted by Crippen LogP contribution is -2.17. The zero-order chi connectivity index (χ0) is 13.0. The first kappa shape index (κ1) is 12.4. The van der Waals surface area contributed by atoms with Gasteiger partial charge < -0.3 is 4.74 Å². The molecule has 1 aromatic carbocycles. The van der Waals surface area contributed by atoms with Crippen LogP contribution in [0.3, 0.4) is 0 Å². The number of hydrogen-bond donors (Lipinski definition) is 1. The molecule has 0 aliphatic rings. The van der Waals surface area contributed by atoms with Gasteiger partial charge in [0.1, 0.15) is 10.9 Å². The Kier molecular flexibility index (Phi) is 3.79. The van der Waals surface area contributed by atoms with Gasteiger partial charge in [0.25, 0.3) is 0 Å². The van der Waals surface area contributed by atoms with Gasteiger partial charge in [0, 0.05) is 0 Å². The summed E-state index contributed by atoms with van der Waals surface area (Å²) in [5, 5.41) is 2.99. The van der Waals surface area contributed by atoms with Crippen molar-refractivity contribution in [2.45, 2.75) is 6.92 Å². The summed E-state index contributed by atoms with van der Waals surface area (Å²) in [6.45, 7) is 1.75. The minimum Gasteiger partial charge on any atom is -0.410 e. The zero-order valence-corrected chi connectivity index (χ0v) is 10.4. The quantitative estimate of drug-likeness (QED) is 0.841. The van der Waals surface area contributed by atoms with Crippen molar-refractivity contribution in [3.63, 3.8) is 0 Å². The van der Waals surface area contributed by atoms with Crippen LogP contribution in [0.4, 0.5) is 10.5 Å². The predicted octanol–water partition coefficient (Wildman–Crippen LogP) is 3.65. The van der Waals surface area contributed by atoms with Gasteiger partial charge in [-0.1, -0.05) is 29.8 Å². The van der Waals surface area contributed by atoms with Crippen LogP contribution in [0.25, 0.3) is 0 Å². The van der Waals surface area contributed by atoms with Crippen molar-refractivity contribution >= 4 is 23.4 Å². The number of ether oxygens (including phenoxy) is 1. The molecule has 2 aromatic rings. The molecule has 18 heavy (non-hydrogen) atoms. The van der Waals surface area contributed by atoms with E-state index in [1.54, 1.807) is 43.3 Å². The number of aromatic nitrogens is 1. The molecule has 0 aliphatic carbocycles. The van der Waals surface area contributed by atoms with Gasteiger partial charge in [0.05, 0.1) is 11.4 Å². The summed E-state index contributed by atoms with van der Waals surface area (Å²) in [7, 11) is 0. The molecule has 5 heteroatoms. The Balaban J connectivity index is 2.03. The number of nitrogens with zero attached hydrogens (tertiary/aromatic N) is 1. The summed E-state index contributed by atoms with van der Waals surface area (Å²) in [5.74, 6) is 0.481. The van der Waals surface area contributed by atoms with E-state index >= 15 is 0 Å². The van der Waals surface area contributed by atoms with Crippen LogP contribution in [0.15, 0.2) is 42.5 Å². The summed E-state index contributed by atoms with van der Waals surface area (Å²) in [4.78, 5) is 15.7. The molecule has 92 valence electrons. The molecule has 4 nitrogen and oxygen atoms in total. The molecule has 1 aromatic heterocycles. The number of nitrogens with one attached hydrogen (secondary N) is 1. The second-order valence-corrected chi connectivity index (χ2v) is 3.98. The van der Waals surface area contributed by atoms with Crippen LogP contribution >= 0.6 is 11.6 Å². The van der Waals surface area contributed by atoms with Crippen LogP contribution in [0.1, 0.15) is 5.69 Å². The Labute approximate surface area is 110 Å². The fourth-order valence-corrected chi connectivity index (χ4v) is 1.58. The maximum atomic E-state index is 11.6. The van der Waals surface area contributed by atoms with E-state index in [2.05, 4.69) is 10.3 Å². The van der Waals surface area contributed by atoms with Crippen molar-refractivity contribution in [1.29, 1.82) is 0 Å². The van der Waals surface area contributed by atoms with Crippen LogP contribution in [0.2, 0.25) is 5.15 Å². The van der Waals surface area contributed by atoms with Crippen molar-refractivity contribution in [2.75, 3.05) is 5.32 Å². The molecule has 0 saturated carbocycles. The molecule has 1 N–H and O–H groups in total. The van der Waals surface area contributed by atoms with E-state index in [-0.39, 0.29) is 0 Å². The topological polar surface area (TPSA) is 51.2 Å². The Morgan fingerprint density at radius 3 is 2.61 bits per heavy atom. The average Bonchev–Trinajstić information content (AvgIpc) is 2.34. The van der Waals surface area contributed by atoms with Gasteiger partial charge in [-0.15, -0.1) is 0 Å². The second-order valence-electron chi connectivity index (χ2n) is 3.59. The molecule has 0 spiro atoms. The molecule has 0 unspecified atom stereocenters. The maximum Gasteiger partial charge on any atom is 0.417 e. The van der Waals surface area contributed by atoms with E-state index < -0.39 is 6.09 Å². The molecule has 0 bridgehead atoms. The number of amides is 1. The number of halogens is 1. The SMILES string of the molecule is Cc1nc(Cl)ccc1NC(=O)Oc1ccccc1. The van der Waals surface area contributed by atoms with E-state index in [1.807, 2.05) is 6.07 Å². The van der Waals surface area contributed by atoms with Crippen LogP contribution in [0, 0.1) is 6.92 Å². The van der Waals surface area contributed by atoms with Crippen LogP contribution in [-0.2, 0) is 0 Å². The normalized spacial score (nSPS) is 9.89. The molecule has 2 rings (SSSR count). The first-order valence-corrected chi connectivity index (χ1v) is 5.70. The maximum absolute atomic E-state index is 11.6. The highest BCUT2D eigenvalue weighted by molar-refractivity contribution is 6.29. The number of hydrogen-bond acceptors (Lipinski definition) is 3. The zero-order valence-electron chi connectivity index (χ0n) is 9.68. The van der Waals surface area contributed by atoms with Crippen LogP contribution in [-0.4, -0.2) is 11.1 Å². The lowest BCUT2D eigenvalue weighted by Gasteiger charge is -2.08. The molecular weight excluding hydrogens is 252 g/mol. The third kappa shape index (κ3) is 3.21. The number of anilines is 1. The number of aryl methyl sites for hydroxylation is 1. The highest BCUT2D eigenvalue weighted by Crippen LogP contribution is 2.16. The number of para-hydroxylation sites is 1. The van der Waals surface area contributed by atoms with Crippen molar-refractivity contribution in [3.05, 3.63) is 53.3 Å². The standard InChI is InChI=1S/C13H11ClN2O2/c1-9-11(7-8-12(14)15-9)16-13(17)18-10-5-3-2-4-6-10/h2-8H,1H3,(H,16,17). The Bertz CT molecular complexity index is 558. The molecule has 0 aliphatic heterocycles. The molecule has 0 atom stereocenters. The van der Waals surface area contributed by atoms with E-state index in [4.69, 9.17) is 16.3 Å². The molecule has 1 amide bonds. The molecule has 0 radical (unpaired) electrons. The van der Waals surface area contributed by atoms with Crippen LogP contribution in [0.5, 0.6) is 5.75 Å². The van der Waals surface area contributed by atoms with Gasteiger partial charge in [0.15, 0.2) is 0 Å². The lowest BCUT2D eigenvalue weighted by atomic mass is 10.3. The Morgan fingerprint density at radius 2 is 1.94 bits per heavy atom. The minimum absolute atomic E-state index is 0.384. The van der Waals surface area contributed by atoms with Gasteiger partial charge in [-0.2, -0.15) is 0 Å². The smallest absolute Gasteiger partial charge is 0.410 e. The van der Waals surface area contributed by atoms with Gasteiger partial charge in [-0.25, -0.2) is 9.78 Å². The van der Waals surface area contributed by atoms with E-state index in [0.29, 0.717) is 22.3 Å². The van der Waals surface area contributed by atoms with Gasteiger partial charge >= 0.3 is 6.09 Å². The second kappa shape index (κ2) is 5.51. The predicted molar refractivity (Wildman–Crippen MR) is 70.1 cm³/mol. The van der Waals surface area contributed by atoms with Crippen molar-refractivity contribution in [1.82, 2.24) is 4.98 Å². The third-order valence-electron chi connectivity index (χ3n) is 2.24. The number of carbonyl (C=O) groups is 1. The fourth-order valence-electron chi connectivity index (χ4n) is 1.39. The molecule has 1 heterocycles. The Morgan fingerprint density at radius 1 is 1.22 bits per heavy atom. The number of benzene rings is 1. The average molecular weight is 263 g/mol. The van der Waals surface area contributed by atoms with Crippen LogP contribution < -0.4 is 10.1 Å². The number of rotatable bonds is 2. The molecular formula is C13H11ClN2O2. The Hall–Kier alpha value is -2.07. The molecule has 0 saturated heterocycles. The third-order valence-corrected chi connectivity index (χ3v) is 2.45. The fraction of sp³-hybridized carbons (Fsp3) is 0.0769. The number of pyridine rings is 1. The summed E-state index contributed by atoms with van der Waals surface area (Å²) < 4.78 is 5.09. The largest absolute Gasteiger partial charge is 0.417 e. The van der Waals surface area contributed by atoms with Gasteiger partial charge in [-0.05, 0) is 31.2 Å². The van der Waals surface area contributed by atoms with Crippen molar-refractivity contribution in [3.8, 4) is 5.75 Å². The first-order chi connectivity index (χ1) is 8.65. The van der Waals surface area contributed by atoms with E-state index in [0.717, 1.165) is 0 Å². The monoisotopic (exact) mass is 262 g/mol. The van der Waals surface area contributed by atoms with Crippen molar-refractivity contribution in [2.24, 2.45) is 0 Å². The van der Waals surface area contributed by atoms with Gasteiger partial charge in [0.2, 0.25) is 0 Å².